The van der Waals surface area contributed by atoms with Crippen LogP contribution < -0.4 is 0 Å². The van der Waals surface area contributed by atoms with E-state index in [1.54, 1.807) is 6.20 Å². The van der Waals surface area contributed by atoms with Gasteiger partial charge in [-0.05, 0) is 52.7 Å². The van der Waals surface area contributed by atoms with Gasteiger partial charge in [0.25, 0.3) is 0 Å². The number of H-pyrrole nitrogens is 1. The summed E-state index contributed by atoms with van der Waals surface area (Å²) in [4.78, 5) is 15.7. The predicted molar refractivity (Wildman–Crippen MR) is 80.6 cm³/mol. The van der Waals surface area contributed by atoms with Crippen LogP contribution in [0.3, 0.4) is 0 Å². The van der Waals surface area contributed by atoms with Crippen molar-refractivity contribution in [2.75, 3.05) is 0 Å². The Morgan fingerprint density at radius 3 is 2.75 bits per heavy atom. The van der Waals surface area contributed by atoms with Crippen molar-refractivity contribution in [2.45, 2.75) is 6.92 Å². The minimum Gasteiger partial charge on any atom is -0.360 e. The second-order valence-corrected chi connectivity index (χ2v) is 5.51. The standard InChI is InChI=1S/C16H11BrFNO/c1-9-3-2-4-14-15(9)12(8-19-14)16(20)11-6-5-10(18)7-13(11)17/h2-8,19H,1H3. The minimum absolute atomic E-state index is 0.127. The third-order valence-electron chi connectivity index (χ3n) is 3.33. The van der Waals surface area contributed by atoms with E-state index in [0.717, 1.165) is 16.5 Å². The maximum Gasteiger partial charge on any atom is 0.196 e. The average Bonchev–Trinajstić information content (AvgIpc) is 2.83. The molecule has 0 fully saturated rings. The van der Waals surface area contributed by atoms with Crippen LogP contribution >= 0.6 is 15.9 Å². The molecule has 0 bridgehead atoms. The highest BCUT2D eigenvalue weighted by atomic mass is 79.9. The van der Waals surface area contributed by atoms with E-state index < -0.39 is 0 Å². The Morgan fingerprint density at radius 2 is 2.00 bits per heavy atom. The molecule has 3 aromatic rings. The number of aromatic nitrogens is 1. The third-order valence-corrected chi connectivity index (χ3v) is 3.99. The highest BCUT2D eigenvalue weighted by Gasteiger charge is 2.18. The molecule has 0 aliphatic heterocycles. The Bertz CT molecular complexity index is 822. The van der Waals surface area contributed by atoms with Crippen LogP contribution in [0.2, 0.25) is 0 Å². The summed E-state index contributed by atoms with van der Waals surface area (Å²) in [5, 5.41) is 0.911. The Kier molecular flexibility index (Phi) is 3.18. The van der Waals surface area contributed by atoms with Crippen molar-refractivity contribution in [1.29, 1.82) is 0 Å². The SMILES string of the molecule is Cc1cccc2[nH]cc(C(=O)c3ccc(F)cc3Br)c12. The van der Waals surface area contributed by atoms with Gasteiger partial charge in [-0.25, -0.2) is 4.39 Å². The highest BCUT2D eigenvalue weighted by Crippen LogP contribution is 2.27. The first-order valence-corrected chi connectivity index (χ1v) is 6.93. The molecule has 0 spiro atoms. The smallest absolute Gasteiger partial charge is 0.196 e. The lowest BCUT2D eigenvalue weighted by Gasteiger charge is -2.04. The van der Waals surface area contributed by atoms with Crippen molar-refractivity contribution in [1.82, 2.24) is 4.98 Å². The van der Waals surface area contributed by atoms with Gasteiger partial charge in [-0.1, -0.05) is 12.1 Å². The van der Waals surface area contributed by atoms with Crippen molar-refractivity contribution in [2.24, 2.45) is 0 Å². The summed E-state index contributed by atoms with van der Waals surface area (Å²) in [6.45, 7) is 1.96. The molecule has 0 saturated heterocycles. The van der Waals surface area contributed by atoms with Crippen molar-refractivity contribution in [3.8, 4) is 0 Å². The quantitative estimate of drug-likeness (QED) is 0.683. The molecule has 3 rings (SSSR count). The van der Waals surface area contributed by atoms with Crippen LogP contribution in [0.25, 0.3) is 10.9 Å². The maximum absolute atomic E-state index is 13.1. The van der Waals surface area contributed by atoms with Crippen LogP contribution in [0.15, 0.2) is 47.1 Å². The maximum atomic E-state index is 13.1. The van der Waals surface area contributed by atoms with E-state index in [0.29, 0.717) is 15.6 Å². The molecule has 4 heteroatoms. The van der Waals surface area contributed by atoms with Gasteiger partial charge in [0.05, 0.1) is 0 Å². The molecule has 0 aliphatic carbocycles. The monoisotopic (exact) mass is 331 g/mol. The summed E-state index contributed by atoms with van der Waals surface area (Å²) in [7, 11) is 0. The fourth-order valence-corrected chi connectivity index (χ4v) is 2.90. The van der Waals surface area contributed by atoms with Crippen molar-refractivity contribution < 1.29 is 9.18 Å². The van der Waals surface area contributed by atoms with Crippen molar-refractivity contribution in [3.63, 3.8) is 0 Å². The van der Waals surface area contributed by atoms with Gasteiger partial charge in [0, 0.05) is 32.7 Å². The lowest BCUT2D eigenvalue weighted by Crippen LogP contribution is -2.02. The summed E-state index contributed by atoms with van der Waals surface area (Å²) in [6, 6.07) is 9.93. The molecular weight excluding hydrogens is 321 g/mol. The van der Waals surface area contributed by atoms with Crippen LogP contribution in [0.4, 0.5) is 4.39 Å². The molecule has 1 aromatic heterocycles. The van der Waals surface area contributed by atoms with Gasteiger partial charge in [0.15, 0.2) is 5.78 Å². The highest BCUT2D eigenvalue weighted by molar-refractivity contribution is 9.10. The number of carbonyl (C=O) groups excluding carboxylic acids is 1. The second-order valence-electron chi connectivity index (χ2n) is 4.65. The van der Waals surface area contributed by atoms with E-state index >= 15 is 0 Å². The van der Waals surface area contributed by atoms with Crippen LogP contribution in [0, 0.1) is 12.7 Å². The average molecular weight is 332 g/mol. The number of hydrogen-bond donors (Lipinski definition) is 1. The first-order chi connectivity index (χ1) is 9.58. The Hall–Kier alpha value is -1.94. The lowest BCUT2D eigenvalue weighted by molar-refractivity contribution is 0.103. The topological polar surface area (TPSA) is 32.9 Å². The van der Waals surface area contributed by atoms with E-state index in [-0.39, 0.29) is 11.6 Å². The van der Waals surface area contributed by atoms with Gasteiger partial charge in [0.2, 0.25) is 0 Å². The van der Waals surface area contributed by atoms with Gasteiger partial charge in [-0.2, -0.15) is 0 Å². The predicted octanol–water partition coefficient (Wildman–Crippen LogP) is 4.61. The van der Waals surface area contributed by atoms with Crippen LogP contribution in [0.5, 0.6) is 0 Å². The van der Waals surface area contributed by atoms with Gasteiger partial charge in [0.1, 0.15) is 5.82 Å². The lowest BCUT2D eigenvalue weighted by atomic mass is 10.00. The molecule has 0 saturated carbocycles. The molecule has 2 aromatic carbocycles. The molecule has 20 heavy (non-hydrogen) atoms. The van der Waals surface area contributed by atoms with Crippen LogP contribution in [-0.4, -0.2) is 10.8 Å². The van der Waals surface area contributed by atoms with Crippen molar-refractivity contribution in [3.05, 3.63) is 69.6 Å². The number of fused-ring (bicyclic) bond motifs is 1. The number of carbonyl (C=O) groups is 1. The van der Waals surface area contributed by atoms with E-state index in [1.165, 1.54) is 18.2 Å². The summed E-state index contributed by atoms with van der Waals surface area (Å²) >= 11 is 3.24. The summed E-state index contributed by atoms with van der Waals surface area (Å²) in [6.07, 6.45) is 1.70. The number of hydrogen-bond acceptors (Lipinski definition) is 1. The zero-order chi connectivity index (χ0) is 14.3. The molecule has 100 valence electrons. The van der Waals surface area contributed by atoms with E-state index in [1.807, 2.05) is 25.1 Å². The van der Waals surface area contributed by atoms with Crippen LogP contribution in [-0.2, 0) is 0 Å². The van der Waals surface area contributed by atoms with Gasteiger partial charge in [-0.3, -0.25) is 4.79 Å². The molecule has 0 aliphatic rings. The molecule has 0 radical (unpaired) electrons. The number of halogens is 2. The largest absolute Gasteiger partial charge is 0.360 e. The first-order valence-electron chi connectivity index (χ1n) is 6.14. The Balaban J connectivity index is 2.18. The second kappa shape index (κ2) is 4.87. The molecule has 1 heterocycles. The molecule has 0 unspecified atom stereocenters. The molecular formula is C16H11BrFNO. The number of nitrogens with one attached hydrogen (secondary N) is 1. The minimum atomic E-state index is -0.372. The molecule has 0 atom stereocenters. The summed E-state index contributed by atoms with van der Waals surface area (Å²) in [5.41, 5.74) is 3.01. The normalized spacial score (nSPS) is 10.9. The summed E-state index contributed by atoms with van der Waals surface area (Å²) in [5.74, 6) is -0.499. The third kappa shape index (κ3) is 2.06. The van der Waals surface area contributed by atoms with Crippen LogP contribution in [0.1, 0.15) is 21.5 Å². The molecule has 2 nitrogen and oxygen atoms in total. The van der Waals surface area contributed by atoms with E-state index in [4.69, 9.17) is 0 Å². The first kappa shape index (κ1) is 13.1. The van der Waals surface area contributed by atoms with E-state index in [2.05, 4.69) is 20.9 Å². The Morgan fingerprint density at radius 1 is 1.20 bits per heavy atom. The molecule has 1 N–H and O–H groups in total. The van der Waals surface area contributed by atoms with E-state index in [9.17, 15) is 9.18 Å². The van der Waals surface area contributed by atoms with Gasteiger partial charge >= 0.3 is 0 Å². The number of benzene rings is 2. The zero-order valence-corrected chi connectivity index (χ0v) is 12.3. The fourth-order valence-electron chi connectivity index (χ4n) is 2.37. The van der Waals surface area contributed by atoms with Gasteiger partial charge in [-0.15, -0.1) is 0 Å². The number of ketones is 1. The van der Waals surface area contributed by atoms with Crippen molar-refractivity contribution >= 4 is 32.6 Å². The van der Waals surface area contributed by atoms with Gasteiger partial charge < -0.3 is 4.98 Å². The Labute approximate surface area is 123 Å². The number of rotatable bonds is 2. The zero-order valence-electron chi connectivity index (χ0n) is 10.7. The number of aryl methyl sites for hydroxylation is 1. The fraction of sp³-hybridized carbons (Fsp3) is 0.0625. The number of aromatic amines is 1. The molecule has 0 amide bonds. The summed E-state index contributed by atoms with van der Waals surface area (Å²) < 4.78 is 13.6.